The molecule has 2 aromatic rings. The SMILES string of the molecule is Cc1ccc(OC(C)C(=O)n2nc(C)cc2C)c(C)c1. The summed E-state index contributed by atoms with van der Waals surface area (Å²) in [5, 5.41) is 4.20. The number of aromatic nitrogens is 2. The molecule has 4 heteroatoms. The van der Waals surface area contributed by atoms with Gasteiger partial charge in [0.05, 0.1) is 5.69 Å². The Kier molecular flexibility index (Phi) is 3.93. The zero-order valence-corrected chi connectivity index (χ0v) is 12.6. The monoisotopic (exact) mass is 272 g/mol. The molecule has 0 fully saturated rings. The van der Waals surface area contributed by atoms with Crippen LogP contribution in [0.25, 0.3) is 0 Å². The number of hydrogen-bond donors (Lipinski definition) is 0. The lowest BCUT2D eigenvalue weighted by atomic mass is 10.1. The molecule has 1 aromatic heterocycles. The van der Waals surface area contributed by atoms with Crippen molar-refractivity contribution in [3.8, 4) is 5.75 Å². The molecule has 1 atom stereocenters. The van der Waals surface area contributed by atoms with Gasteiger partial charge >= 0.3 is 0 Å². The molecule has 0 saturated carbocycles. The molecule has 0 N–H and O–H groups in total. The Morgan fingerprint density at radius 3 is 2.45 bits per heavy atom. The Labute approximate surface area is 119 Å². The van der Waals surface area contributed by atoms with Gasteiger partial charge in [0.1, 0.15) is 5.75 Å². The van der Waals surface area contributed by atoms with Crippen LogP contribution in [0.3, 0.4) is 0 Å². The van der Waals surface area contributed by atoms with Crippen molar-refractivity contribution in [3.63, 3.8) is 0 Å². The van der Waals surface area contributed by atoms with Crippen LogP contribution in [0.15, 0.2) is 24.3 Å². The van der Waals surface area contributed by atoms with E-state index in [1.165, 1.54) is 10.2 Å². The van der Waals surface area contributed by atoms with Crippen molar-refractivity contribution >= 4 is 5.91 Å². The second-order valence-corrected chi connectivity index (χ2v) is 5.21. The smallest absolute Gasteiger partial charge is 0.287 e. The first-order valence-electron chi connectivity index (χ1n) is 6.70. The van der Waals surface area contributed by atoms with E-state index in [4.69, 9.17) is 4.74 Å². The van der Waals surface area contributed by atoms with Crippen LogP contribution < -0.4 is 4.74 Å². The lowest BCUT2D eigenvalue weighted by Gasteiger charge is -2.16. The molecule has 0 spiro atoms. The summed E-state index contributed by atoms with van der Waals surface area (Å²) in [6, 6.07) is 7.79. The lowest BCUT2D eigenvalue weighted by Crippen LogP contribution is -2.31. The van der Waals surface area contributed by atoms with Gasteiger partial charge in [0.2, 0.25) is 0 Å². The summed E-state index contributed by atoms with van der Waals surface area (Å²) in [5.74, 6) is 0.577. The van der Waals surface area contributed by atoms with Gasteiger partial charge in [-0.15, -0.1) is 0 Å². The molecule has 106 valence electrons. The molecule has 20 heavy (non-hydrogen) atoms. The molecule has 1 aromatic carbocycles. The number of carbonyl (C=O) groups excluding carboxylic acids is 1. The van der Waals surface area contributed by atoms with Gasteiger partial charge in [-0.05, 0) is 52.3 Å². The van der Waals surface area contributed by atoms with Crippen molar-refractivity contribution < 1.29 is 9.53 Å². The van der Waals surface area contributed by atoms with E-state index in [0.717, 1.165) is 22.7 Å². The van der Waals surface area contributed by atoms with Crippen LogP contribution in [0.1, 0.15) is 34.2 Å². The van der Waals surface area contributed by atoms with E-state index in [0.29, 0.717) is 0 Å². The highest BCUT2D eigenvalue weighted by molar-refractivity contribution is 5.83. The zero-order chi connectivity index (χ0) is 14.9. The zero-order valence-electron chi connectivity index (χ0n) is 12.6. The maximum Gasteiger partial charge on any atom is 0.287 e. The summed E-state index contributed by atoms with van der Waals surface area (Å²) in [5.41, 5.74) is 3.85. The first kappa shape index (κ1) is 14.3. The fraction of sp³-hybridized carbons (Fsp3) is 0.375. The van der Waals surface area contributed by atoms with E-state index in [1.807, 2.05) is 52.0 Å². The third-order valence-corrected chi connectivity index (χ3v) is 3.20. The second kappa shape index (κ2) is 5.49. The summed E-state index contributed by atoms with van der Waals surface area (Å²) in [6.07, 6.45) is -0.575. The molecule has 0 bridgehead atoms. The fourth-order valence-corrected chi connectivity index (χ4v) is 2.20. The van der Waals surface area contributed by atoms with E-state index in [-0.39, 0.29) is 5.91 Å². The highest BCUT2D eigenvalue weighted by Crippen LogP contribution is 2.20. The van der Waals surface area contributed by atoms with Crippen molar-refractivity contribution in [2.75, 3.05) is 0 Å². The van der Waals surface area contributed by atoms with Crippen LogP contribution in [-0.2, 0) is 0 Å². The van der Waals surface area contributed by atoms with Gasteiger partial charge < -0.3 is 4.74 Å². The molecule has 0 saturated heterocycles. The Hall–Kier alpha value is -2.10. The van der Waals surface area contributed by atoms with Crippen molar-refractivity contribution in [2.24, 2.45) is 0 Å². The highest BCUT2D eigenvalue weighted by atomic mass is 16.5. The average molecular weight is 272 g/mol. The maximum absolute atomic E-state index is 12.3. The molecule has 0 amide bonds. The number of rotatable bonds is 3. The van der Waals surface area contributed by atoms with Crippen molar-refractivity contribution in [3.05, 3.63) is 46.8 Å². The number of nitrogens with zero attached hydrogens (tertiary/aromatic N) is 2. The summed E-state index contributed by atoms with van der Waals surface area (Å²) in [4.78, 5) is 12.3. The molecule has 0 aliphatic rings. The Balaban J connectivity index is 2.17. The van der Waals surface area contributed by atoms with Crippen LogP contribution in [0.4, 0.5) is 0 Å². The summed E-state index contributed by atoms with van der Waals surface area (Å²) < 4.78 is 7.18. The third kappa shape index (κ3) is 2.90. The maximum atomic E-state index is 12.3. The van der Waals surface area contributed by atoms with Gasteiger partial charge in [-0.25, -0.2) is 4.68 Å². The number of hydrogen-bond acceptors (Lipinski definition) is 3. The molecular weight excluding hydrogens is 252 g/mol. The number of carbonyl (C=O) groups is 1. The quantitative estimate of drug-likeness (QED) is 0.861. The molecule has 1 heterocycles. The standard InChI is InChI=1S/C16H20N2O2/c1-10-6-7-15(11(2)8-10)20-14(5)16(19)18-13(4)9-12(3)17-18/h6-9,14H,1-5H3. The summed E-state index contributed by atoms with van der Waals surface area (Å²) in [6.45, 7) is 9.48. The first-order valence-corrected chi connectivity index (χ1v) is 6.70. The van der Waals surface area contributed by atoms with Gasteiger partial charge in [0.15, 0.2) is 6.10 Å². The van der Waals surface area contributed by atoms with Crippen molar-refractivity contribution in [1.82, 2.24) is 9.78 Å². The number of aryl methyl sites for hydroxylation is 4. The predicted molar refractivity (Wildman–Crippen MR) is 78.3 cm³/mol. The normalized spacial score (nSPS) is 12.2. The van der Waals surface area contributed by atoms with Gasteiger partial charge in [0, 0.05) is 5.69 Å². The highest BCUT2D eigenvalue weighted by Gasteiger charge is 2.20. The van der Waals surface area contributed by atoms with E-state index in [1.54, 1.807) is 6.92 Å². The van der Waals surface area contributed by atoms with Crippen molar-refractivity contribution in [1.29, 1.82) is 0 Å². The van der Waals surface area contributed by atoms with Crippen molar-refractivity contribution in [2.45, 2.75) is 40.7 Å². The summed E-state index contributed by atoms with van der Waals surface area (Å²) in [7, 11) is 0. The van der Waals surface area contributed by atoms with Gasteiger partial charge in [-0.2, -0.15) is 5.10 Å². The van der Waals surface area contributed by atoms with Crippen LogP contribution in [0.2, 0.25) is 0 Å². The van der Waals surface area contributed by atoms with Crippen LogP contribution >= 0.6 is 0 Å². The minimum absolute atomic E-state index is 0.157. The van der Waals surface area contributed by atoms with E-state index in [2.05, 4.69) is 5.10 Å². The fourth-order valence-electron chi connectivity index (χ4n) is 2.20. The van der Waals surface area contributed by atoms with Crippen LogP contribution in [0, 0.1) is 27.7 Å². The van der Waals surface area contributed by atoms with Crippen LogP contribution in [-0.4, -0.2) is 21.8 Å². The number of ether oxygens (including phenoxy) is 1. The number of benzene rings is 1. The molecule has 1 unspecified atom stereocenters. The topological polar surface area (TPSA) is 44.1 Å². The van der Waals surface area contributed by atoms with Crippen LogP contribution in [0.5, 0.6) is 5.75 Å². The Morgan fingerprint density at radius 2 is 1.90 bits per heavy atom. The Bertz CT molecular complexity index is 644. The van der Waals surface area contributed by atoms with Gasteiger partial charge in [-0.3, -0.25) is 4.79 Å². The van der Waals surface area contributed by atoms with E-state index in [9.17, 15) is 4.79 Å². The van der Waals surface area contributed by atoms with E-state index < -0.39 is 6.10 Å². The minimum Gasteiger partial charge on any atom is -0.481 e. The molecule has 0 aliphatic carbocycles. The third-order valence-electron chi connectivity index (χ3n) is 3.20. The molecule has 2 rings (SSSR count). The second-order valence-electron chi connectivity index (χ2n) is 5.21. The largest absolute Gasteiger partial charge is 0.481 e. The molecular formula is C16H20N2O2. The first-order chi connectivity index (χ1) is 9.38. The minimum atomic E-state index is -0.575. The van der Waals surface area contributed by atoms with E-state index >= 15 is 0 Å². The van der Waals surface area contributed by atoms with Gasteiger partial charge in [-0.1, -0.05) is 17.7 Å². The molecule has 0 radical (unpaired) electrons. The van der Waals surface area contributed by atoms with Gasteiger partial charge in [0.25, 0.3) is 5.91 Å². The summed E-state index contributed by atoms with van der Waals surface area (Å²) >= 11 is 0. The predicted octanol–water partition coefficient (Wildman–Crippen LogP) is 3.22. The molecule has 4 nitrogen and oxygen atoms in total. The lowest BCUT2D eigenvalue weighted by molar-refractivity contribution is 0.0706. The average Bonchev–Trinajstić information content (AvgIpc) is 2.71. The Morgan fingerprint density at radius 1 is 1.20 bits per heavy atom. The molecule has 0 aliphatic heterocycles.